The van der Waals surface area contributed by atoms with E-state index in [0.29, 0.717) is 0 Å². The highest BCUT2D eigenvalue weighted by Crippen LogP contribution is 2.36. The van der Waals surface area contributed by atoms with Crippen molar-refractivity contribution in [1.29, 1.82) is 0 Å². The van der Waals surface area contributed by atoms with Crippen molar-refractivity contribution < 1.29 is 9.47 Å². The monoisotopic (exact) mass is 324 g/mol. The van der Waals surface area contributed by atoms with Crippen LogP contribution < -0.4 is 19.7 Å². The molecule has 4 rings (SSSR count). The highest BCUT2D eigenvalue weighted by atomic mass is 16.5. The van der Waals surface area contributed by atoms with E-state index in [0.717, 1.165) is 57.1 Å². The summed E-state index contributed by atoms with van der Waals surface area (Å²) in [5.74, 6) is 1.94. The Bertz CT molecular complexity index is 712. The largest absolute Gasteiger partial charge is 0.497 e. The third-order valence-corrected chi connectivity index (χ3v) is 4.92. The third kappa shape index (κ3) is 3.06. The van der Waals surface area contributed by atoms with E-state index in [1.165, 1.54) is 22.4 Å². The average molecular weight is 324 g/mol. The van der Waals surface area contributed by atoms with Crippen molar-refractivity contribution in [1.82, 2.24) is 5.32 Å². The maximum Gasteiger partial charge on any atom is 0.142 e. The van der Waals surface area contributed by atoms with Gasteiger partial charge in [-0.1, -0.05) is 12.1 Å². The Kier molecular flexibility index (Phi) is 4.30. The number of hydrogen-bond donors (Lipinski definition) is 1. The van der Waals surface area contributed by atoms with Crippen molar-refractivity contribution in [2.45, 2.75) is 19.4 Å². The van der Waals surface area contributed by atoms with Gasteiger partial charge in [0, 0.05) is 6.54 Å². The fourth-order valence-corrected chi connectivity index (χ4v) is 3.55. The van der Waals surface area contributed by atoms with Crippen molar-refractivity contribution in [2.24, 2.45) is 0 Å². The third-order valence-electron chi connectivity index (χ3n) is 4.92. The van der Waals surface area contributed by atoms with E-state index < -0.39 is 0 Å². The second-order valence-corrected chi connectivity index (χ2v) is 6.46. The molecular formula is C20H24N2O2. The van der Waals surface area contributed by atoms with E-state index in [9.17, 15) is 0 Å². The second kappa shape index (κ2) is 6.73. The first kappa shape index (κ1) is 15.3. The number of fused-ring (bicyclic) bond motifs is 2. The van der Waals surface area contributed by atoms with Crippen LogP contribution in [0.1, 0.15) is 16.7 Å². The molecule has 0 radical (unpaired) electrons. The first-order chi connectivity index (χ1) is 11.8. The Morgan fingerprint density at radius 2 is 1.83 bits per heavy atom. The van der Waals surface area contributed by atoms with Crippen LogP contribution in [0.2, 0.25) is 0 Å². The molecular weight excluding hydrogens is 300 g/mol. The Labute approximate surface area is 143 Å². The molecule has 0 saturated heterocycles. The molecule has 0 spiro atoms. The molecule has 2 aromatic carbocycles. The van der Waals surface area contributed by atoms with Gasteiger partial charge in [0.2, 0.25) is 0 Å². The van der Waals surface area contributed by atoms with Crippen LogP contribution in [0.15, 0.2) is 36.4 Å². The van der Waals surface area contributed by atoms with Crippen LogP contribution in [-0.2, 0) is 19.4 Å². The molecule has 0 atom stereocenters. The van der Waals surface area contributed by atoms with Crippen LogP contribution in [-0.4, -0.2) is 33.4 Å². The van der Waals surface area contributed by atoms with Crippen molar-refractivity contribution in [3.8, 4) is 11.5 Å². The molecule has 4 nitrogen and oxygen atoms in total. The molecule has 1 N–H and O–H groups in total. The topological polar surface area (TPSA) is 33.7 Å². The fourth-order valence-electron chi connectivity index (χ4n) is 3.55. The zero-order valence-electron chi connectivity index (χ0n) is 14.2. The van der Waals surface area contributed by atoms with Gasteiger partial charge >= 0.3 is 0 Å². The number of nitrogens with one attached hydrogen (secondary N) is 1. The van der Waals surface area contributed by atoms with Crippen LogP contribution in [0, 0.1) is 0 Å². The minimum absolute atomic E-state index is 0.750. The molecule has 0 fully saturated rings. The molecule has 0 aromatic heterocycles. The van der Waals surface area contributed by atoms with Gasteiger partial charge in [-0.2, -0.15) is 0 Å². The number of ether oxygens (including phenoxy) is 2. The van der Waals surface area contributed by atoms with Crippen molar-refractivity contribution >= 4 is 5.69 Å². The van der Waals surface area contributed by atoms with Gasteiger partial charge in [-0.3, -0.25) is 0 Å². The van der Waals surface area contributed by atoms with Crippen LogP contribution >= 0.6 is 0 Å². The summed E-state index contributed by atoms with van der Waals surface area (Å²) in [6, 6.07) is 12.9. The van der Waals surface area contributed by atoms with E-state index in [2.05, 4.69) is 34.5 Å². The molecule has 2 aliphatic rings. The first-order valence-corrected chi connectivity index (χ1v) is 8.71. The number of hydrogen-bond acceptors (Lipinski definition) is 4. The van der Waals surface area contributed by atoms with Crippen molar-refractivity contribution in [3.63, 3.8) is 0 Å². The predicted octanol–water partition coefficient (Wildman–Crippen LogP) is 2.78. The van der Waals surface area contributed by atoms with E-state index in [-0.39, 0.29) is 0 Å². The number of benzene rings is 2. The van der Waals surface area contributed by atoms with Gasteiger partial charge < -0.3 is 19.7 Å². The normalized spacial score (nSPS) is 16.6. The molecule has 0 saturated carbocycles. The van der Waals surface area contributed by atoms with Crippen molar-refractivity contribution in [3.05, 3.63) is 53.1 Å². The van der Waals surface area contributed by atoms with E-state index >= 15 is 0 Å². The van der Waals surface area contributed by atoms with Crippen LogP contribution in [0.3, 0.4) is 0 Å². The van der Waals surface area contributed by atoms with Crippen LogP contribution in [0.25, 0.3) is 0 Å². The minimum atomic E-state index is 0.750. The fraction of sp³-hybridized carbons (Fsp3) is 0.400. The summed E-state index contributed by atoms with van der Waals surface area (Å²) in [4.78, 5) is 2.43. The molecule has 0 amide bonds. The number of methoxy groups -OCH3 is 1. The lowest BCUT2D eigenvalue weighted by atomic mass is 10.00. The summed E-state index contributed by atoms with van der Waals surface area (Å²) >= 11 is 0. The average Bonchev–Trinajstić information content (AvgIpc) is 2.86. The quantitative estimate of drug-likeness (QED) is 0.941. The minimum Gasteiger partial charge on any atom is -0.497 e. The van der Waals surface area contributed by atoms with Gasteiger partial charge in [-0.05, 0) is 66.9 Å². The number of nitrogens with zero attached hydrogens (tertiary/aromatic N) is 1. The lowest BCUT2D eigenvalue weighted by molar-refractivity contribution is 0.306. The van der Waals surface area contributed by atoms with Crippen LogP contribution in [0.5, 0.6) is 11.5 Å². The first-order valence-electron chi connectivity index (χ1n) is 8.71. The predicted molar refractivity (Wildman–Crippen MR) is 96.3 cm³/mol. The highest BCUT2D eigenvalue weighted by molar-refractivity contribution is 5.63. The zero-order chi connectivity index (χ0) is 16.4. The molecule has 126 valence electrons. The molecule has 0 unspecified atom stereocenters. The Balaban J connectivity index is 1.61. The van der Waals surface area contributed by atoms with E-state index in [1.54, 1.807) is 7.11 Å². The molecule has 24 heavy (non-hydrogen) atoms. The maximum atomic E-state index is 5.95. The smallest absolute Gasteiger partial charge is 0.142 e. The van der Waals surface area contributed by atoms with E-state index in [4.69, 9.17) is 9.47 Å². The summed E-state index contributed by atoms with van der Waals surface area (Å²) < 4.78 is 11.2. The summed E-state index contributed by atoms with van der Waals surface area (Å²) in [6.45, 7) is 4.69. The molecule has 0 bridgehead atoms. The highest BCUT2D eigenvalue weighted by Gasteiger charge is 2.21. The van der Waals surface area contributed by atoms with Gasteiger partial charge in [-0.25, -0.2) is 0 Å². The van der Waals surface area contributed by atoms with E-state index in [1.807, 2.05) is 12.1 Å². The second-order valence-electron chi connectivity index (χ2n) is 6.46. The SMILES string of the molecule is COc1ccc(CN2CCOc3cc4c(cc32)CCNCC4)cc1. The van der Waals surface area contributed by atoms with Gasteiger partial charge in [0.1, 0.15) is 18.1 Å². The maximum absolute atomic E-state index is 5.95. The zero-order valence-corrected chi connectivity index (χ0v) is 14.2. The number of anilines is 1. The summed E-state index contributed by atoms with van der Waals surface area (Å²) in [7, 11) is 1.70. The summed E-state index contributed by atoms with van der Waals surface area (Å²) in [6.07, 6.45) is 2.18. The standard InChI is InChI=1S/C20H24N2O2/c1-23-18-4-2-15(3-5-18)14-22-10-11-24-20-13-17-7-9-21-8-6-16(17)12-19(20)22/h2-5,12-13,21H,6-11,14H2,1H3. The molecule has 4 heteroatoms. The Hall–Kier alpha value is -2.20. The lowest BCUT2D eigenvalue weighted by Gasteiger charge is -2.32. The summed E-state index contributed by atoms with van der Waals surface area (Å²) in [5, 5.41) is 3.48. The van der Waals surface area contributed by atoms with Gasteiger partial charge in [0.25, 0.3) is 0 Å². The van der Waals surface area contributed by atoms with Gasteiger partial charge in [-0.15, -0.1) is 0 Å². The molecule has 2 heterocycles. The molecule has 2 aliphatic heterocycles. The van der Waals surface area contributed by atoms with Gasteiger partial charge in [0.05, 0.1) is 19.3 Å². The van der Waals surface area contributed by atoms with Crippen molar-refractivity contribution in [2.75, 3.05) is 38.3 Å². The van der Waals surface area contributed by atoms with Gasteiger partial charge in [0.15, 0.2) is 0 Å². The lowest BCUT2D eigenvalue weighted by Crippen LogP contribution is -2.32. The molecule has 2 aromatic rings. The summed E-state index contributed by atoms with van der Waals surface area (Å²) in [5.41, 5.74) is 5.42. The Morgan fingerprint density at radius 3 is 2.58 bits per heavy atom. The Morgan fingerprint density at radius 1 is 1.08 bits per heavy atom. The van der Waals surface area contributed by atoms with Crippen LogP contribution in [0.4, 0.5) is 5.69 Å². The molecule has 0 aliphatic carbocycles. The number of rotatable bonds is 3.